The lowest BCUT2D eigenvalue weighted by atomic mass is 10.1. The van der Waals surface area contributed by atoms with Crippen molar-refractivity contribution in [3.8, 4) is 0 Å². The fourth-order valence-corrected chi connectivity index (χ4v) is 2.96. The van der Waals surface area contributed by atoms with Crippen LogP contribution in [0.3, 0.4) is 0 Å². The summed E-state index contributed by atoms with van der Waals surface area (Å²) < 4.78 is 0. The number of aliphatic hydroxyl groups excluding tert-OH is 1. The molecule has 0 spiro atoms. The van der Waals surface area contributed by atoms with Gasteiger partial charge in [0.05, 0.1) is 0 Å². The molecular weight excluding hydrogens is 302 g/mol. The Bertz CT molecular complexity index is 487. The van der Waals surface area contributed by atoms with E-state index in [-0.39, 0.29) is 24.5 Å². The summed E-state index contributed by atoms with van der Waals surface area (Å²) in [6, 6.07) is 10.6. The van der Waals surface area contributed by atoms with E-state index in [1.807, 2.05) is 19.9 Å². The van der Waals surface area contributed by atoms with Crippen molar-refractivity contribution in [2.75, 3.05) is 44.2 Å². The van der Waals surface area contributed by atoms with Gasteiger partial charge in [-0.15, -0.1) is 0 Å². The van der Waals surface area contributed by atoms with Crippen LogP contribution in [0.5, 0.6) is 0 Å². The predicted octanol–water partition coefficient (Wildman–Crippen LogP) is 1.72. The molecule has 1 aromatic rings. The van der Waals surface area contributed by atoms with Gasteiger partial charge in [0.2, 0.25) is 5.91 Å². The maximum absolute atomic E-state index is 11.9. The van der Waals surface area contributed by atoms with E-state index < -0.39 is 0 Å². The number of carbonyl (C=O) groups is 1. The number of hydrogen-bond acceptors (Lipinski definition) is 4. The second kappa shape index (κ2) is 9.64. The molecule has 0 aromatic heterocycles. The minimum Gasteiger partial charge on any atom is -0.396 e. The van der Waals surface area contributed by atoms with E-state index in [2.05, 4.69) is 39.4 Å². The van der Waals surface area contributed by atoms with Gasteiger partial charge in [0.1, 0.15) is 0 Å². The Kier molecular flexibility index (Phi) is 7.53. The first-order valence-electron chi connectivity index (χ1n) is 9.02. The van der Waals surface area contributed by atoms with Crippen molar-refractivity contribution in [2.45, 2.75) is 32.7 Å². The third-order valence-corrected chi connectivity index (χ3v) is 4.90. The zero-order valence-electron chi connectivity index (χ0n) is 14.9. The molecule has 2 unspecified atom stereocenters. The Morgan fingerprint density at radius 2 is 1.83 bits per heavy atom. The number of para-hydroxylation sites is 1. The molecule has 0 radical (unpaired) electrons. The molecule has 0 aliphatic carbocycles. The molecule has 1 heterocycles. The normalized spacial score (nSPS) is 18.2. The van der Waals surface area contributed by atoms with Gasteiger partial charge >= 0.3 is 0 Å². The maximum atomic E-state index is 11.9. The Balaban J connectivity index is 1.62. The highest BCUT2D eigenvalue weighted by Gasteiger charge is 2.17. The first-order valence-corrected chi connectivity index (χ1v) is 9.02. The van der Waals surface area contributed by atoms with E-state index in [4.69, 9.17) is 5.11 Å². The van der Waals surface area contributed by atoms with Gasteiger partial charge in [0.15, 0.2) is 0 Å². The van der Waals surface area contributed by atoms with Gasteiger partial charge in [-0.25, -0.2) is 0 Å². The summed E-state index contributed by atoms with van der Waals surface area (Å²) >= 11 is 0. The Morgan fingerprint density at radius 3 is 2.46 bits per heavy atom. The Hall–Kier alpha value is -1.59. The van der Waals surface area contributed by atoms with Crippen LogP contribution in [0.15, 0.2) is 30.3 Å². The second-order valence-corrected chi connectivity index (χ2v) is 6.78. The van der Waals surface area contributed by atoms with E-state index in [0.29, 0.717) is 6.42 Å². The summed E-state index contributed by atoms with van der Waals surface area (Å²) in [5.41, 5.74) is 1.29. The highest BCUT2D eigenvalue weighted by molar-refractivity contribution is 5.76. The molecule has 5 heteroatoms. The number of carbonyl (C=O) groups excluding carboxylic acids is 1. The van der Waals surface area contributed by atoms with Crippen LogP contribution in [0.25, 0.3) is 0 Å². The summed E-state index contributed by atoms with van der Waals surface area (Å²) in [4.78, 5) is 16.8. The van der Waals surface area contributed by atoms with Crippen molar-refractivity contribution in [2.24, 2.45) is 5.92 Å². The zero-order chi connectivity index (χ0) is 17.4. The number of amides is 1. The number of piperazine rings is 1. The van der Waals surface area contributed by atoms with Gasteiger partial charge in [-0.1, -0.05) is 25.1 Å². The third-order valence-electron chi connectivity index (χ3n) is 4.90. The van der Waals surface area contributed by atoms with Crippen LogP contribution in [0.2, 0.25) is 0 Å². The van der Waals surface area contributed by atoms with Gasteiger partial charge in [-0.2, -0.15) is 0 Å². The monoisotopic (exact) mass is 333 g/mol. The molecule has 2 N–H and O–H groups in total. The fraction of sp³-hybridized carbons (Fsp3) is 0.632. The molecule has 0 saturated carbocycles. The van der Waals surface area contributed by atoms with Crippen LogP contribution < -0.4 is 10.2 Å². The largest absolute Gasteiger partial charge is 0.396 e. The van der Waals surface area contributed by atoms with Crippen LogP contribution in [0, 0.1) is 5.92 Å². The fourth-order valence-electron chi connectivity index (χ4n) is 2.96. The predicted molar refractivity (Wildman–Crippen MR) is 98.2 cm³/mol. The van der Waals surface area contributed by atoms with Gasteiger partial charge in [0.25, 0.3) is 0 Å². The van der Waals surface area contributed by atoms with Gasteiger partial charge in [0, 0.05) is 50.9 Å². The van der Waals surface area contributed by atoms with E-state index in [0.717, 1.165) is 39.1 Å². The maximum Gasteiger partial charge on any atom is 0.220 e. The molecule has 1 aliphatic rings. The summed E-state index contributed by atoms with van der Waals surface area (Å²) in [5.74, 6) is 0.186. The molecule has 2 rings (SSSR count). The van der Waals surface area contributed by atoms with Crippen molar-refractivity contribution in [3.63, 3.8) is 0 Å². The van der Waals surface area contributed by atoms with Crippen LogP contribution in [-0.4, -0.2) is 61.3 Å². The summed E-state index contributed by atoms with van der Waals surface area (Å²) in [6.45, 7) is 9.15. The molecule has 1 aromatic carbocycles. The molecule has 24 heavy (non-hydrogen) atoms. The molecule has 1 fully saturated rings. The van der Waals surface area contributed by atoms with Crippen molar-refractivity contribution in [3.05, 3.63) is 30.3 Å². The third kappa shape index (κ3) is 5.80. The first kappa shape index (κ1) is 18.7. The molecule has 5 nitrogen and oxygen atoms in total. The Labute approximate surface area is 145 Å². The van der Waals surface area contributed by atoms with Gasteiger partial charge < -0.3 is 15.3 Å². The first-order chi connectivity index (χ1) is 11.6. The minimum atomic E-state index is 0.0249. The number of nitrogens with zero attached hydrogens (tertiary/aromatic N) is 2. The number of anilines is 1. The molecule has 2 atom stereocenters. The lowest BCUT2D eigenvalue weighted by Gasteiger charge is -2.36. The quantitative estimate of drug-likeness (QED) is 0.761. The molecule has 1 saturated heterocycles. The average Bonchev–Trinajstić information content (AvgIpc) is 2.62. The number of rotatable bonds is 8. The molecule has 134 valence electrons. The SMILES string of the molecule is CC(CO)C(C)NC(=O)CCCN1CCN(c2ccccc2)CC1. The van der Waals surface area contributed by atoms with Gasteiger partial charge in [-0.3, -0.25) is 9.69 Å². The highest BCUT2D eigenvalue weighted by Crippen LogP contribution is 2.15. The number of aliphatic hydroxyl groups is 1. The van der Waals surface area contributed by atoms with Crippen LogP contribution in [0.4, 0.5) is 5.69 Å². The van der Waals surface area contributed by atoms with Crippen LogP contribution in [-0.2, 0) is 4.79 Å². The lowest BCUT2D eigenvalue weighted by Crippen LogP contribution is -2.46. The Morgan fingerprint density at radius 1 is 1.17 bits per heavy atom. The topological polar surface area (TPSA) is 55.8 Å². The standard InChI is InChI=1S/C19H31N3O2/c1-16(15-23)17(2)20-19(24)9-6-10-21-11-13-22(14-12-21)18-7-4-3-5-8-18/h3-5,7-8,16-17,23H,6,9-15H2,1-2H3,(H,20,24). The summed E-state index contributed by atoms with van der Waals surface area (Å²) in [6.07, 6.45) is 1.44. The van der Waals surface area contributed by atoms with Crippen molar-refractivity contribution < 1.29 is 9.90 Å². The van der Waals surface area contributed by atoms with E-state index >= 15 is 0 Å². The van der Waals surface area contributed by atoms with E-state index in [1.165, 1.54) is 5.69 Å². The summed E-state index contributed by atoms with van der Waals surface area (Å²) in [7, 11) is 0. The second-order valence-electron chi connectivity index (χ2n) is 6.78. The lowest BCUT2D eigenvalue weighted by molar-refractivity contribution is -0.122. The van der Waals surface area contributed by atoms with Gasteiger partial charge in [-0.05, 0) is 37.9 Å². The summed E-state index contributed by atoms with van der Waals surface area (Å²) in [5, 5.41) is 12.1. The molecule has 1 amide bonds. The van der Waals surface area contributed by atoms with Crippen LogP contribution >= 0.6 is 0 Å². The van der Waals surface area contributed by atoms with E-state index in [1.54, 1.807) is 0 Å². The molecule has 1 aliphatic heterocycles. The average molecular weight is 333 g/mol. The molecular formula is C19H31N3O2. The molecule has 0 bridgehead atoms. The number of hydrogen-bond donors (Lipinski definition) is 2. The van der Waals surface area contributed by atoms with Crippen molar-refractivity contribution in [1.29, 1.82) is 0 Å². The smallest absolute Gasteiger partial charge is 0.220 e. The zero-order valence-corrected chi connectivity index (χ0v) is 14.9. The number of nitrogens with one attached hydrogen (secondary N) is 1. The number of benzene rings is 1. The minimum absolute atomic E-state index is 0.0249. The van der Waals surface area contributed by atoms with E-state index in [9.17, 15) is 4.79 Å². The van der Waals surface area contributed by atoms with Crippen LogP contribution in [0.1, 0.15) is 26.7 Å². The van der Waals surface area contributed by atoms with Crippen molar-refractivity contribution >= 4 is 11.6 Å². The van der Waals surface area contributed by atoms with Crippen molar-refractivity contribution in [1.82, 2.24) is 10.2 Å². The highest BCUT2D eigenvalue weighted by atomic mass is 16.3.